The number of amides is 1. The van der Waals surface area contributed by atoms with Crippen LogP contribution in [-0.4, -0.2) is 24.0 Å². The molecule has 9 nitrogen and oxygen atoms in total. The number of carbonyl (C=O) groups excluding carboxylic acids is 1. The molecule has 31 heavy (non-hydrogen) atoms. The molecule has 1 fully saturated rings. The molecule has 0 spiro atoms. The number of hydrogen-bond donors (Lipinski definition) is 3. The van der Waals surface area contributed by atoms with Crippen molar-refractivity contribution in [1.29, 1.82) is 0 Å². The second-order valence-electron chi connectivity index (χ2n) is 7.36. The van der Waals surface area contributed by atoms with Crippen LogP contribution in [0.5, 0.6) is 5.88 Å². The van der Waals surface area contributed by atoms with Crippen LogP contribution in [-0.2, 0) is 14.8 Å². The average molecular weight is 456 g/mol. The van der Waals surface area contributed by atoms with Crippen LogP contribution >= 0.6 is 11.3 Å². The van der Waals surface area contributed by atoms with Crippen molar-refractivity contribution in [3.05, 3.63) is 62.7 Å². The maximum absolute atomic E-state index is 12.6. The Labute approximate surface area is 180 Å². The molecule has 158 valence electrons. The van der Waals surface area contributed by atoms with Crippen molar-refractivity contribution in [2.24, 2.45) is 15.1 Å². The lowest BCUT2D eigenvalue weighted by Gasteiger charge is -2.03. The van der Waals surface area contributed by atoms with E-state index in [1.165, 1.54) is 35.6 Å². The van der Waals surface area contributed by atoms with E-state index < -0.39 is 15.9 Å². The number of nitrogens with two attached hydrogens (primary N) is 2. The van der Waals surface area contributed by atoms with Gasteiger partial charge in [-0.2, -0.15) is 0 Å². The van der Waals surface area contributed by atoms with Crippen molar-refractivity contribution in [2.75, 3.05) is 5.73 Å². The topological polar surface area (TPSA) is 153 Å². The minimum Gasteiger partial charge on any atom is -0.493 e. The number of thiazole rings is 1. The molecule has 0 atom stereocenters. The fraction of sp³-hybridized carbons (Fsp3) is 0.150. The number of fused-ring (bicyclic) bond motifs is 1. The van der Waals surface area contributed by atoms with Gasteiger partial charge < -0.3 is 10.8 Å². The van der Waals surface area contributed by atoms with E-state index in [4.69, 9.17) is 10.9 Å². The monoisotopic (exact) mass is 455 g/mol. The van der Waals surface area contributed by atoms with Crippen molar-refractivity contribution >= 4 is 44.2 Å². The fourth-order valence-corrected chi connectivity index (χ4v) is 5.13. The number of aromatic hydroxyl groups is 1. The van der Waals surface area contributed by atoms with Gasteiger partial charge in [-0.1, -0.05) is 11.3 Å². The zero-order chi connectivity index (χ0) is 21.9. The zero-order valence-electron chi connectivity index (χ0n) is 16.0. The van der Waals surface area contributed by atoms with E-state index in [-0.39, 0.29) is 16.8 Å². The lowest BCUT2D eigenvalue weighted by Crippen LogP contribution is -2.23. The number of sulfonamides is 1. The van der Waals surface area contributed by atoms with Crippen LogP contribution in [0.15, 0.2) is 57.3 Å². The molecule has 2 heterocycles. The van der Waals surface area contributed by atoms with Gasteiger partial charge in [-0.15, -0.1) is 0 Å². The van der Waals surface area contributed by atoms with E-state index >= 15 is 0 Å². The van der Waals surface area contributed by atoms with Gasteiger partial charge in [-0.05, 0) is 55.3 Å². The number of carbonyl (C=O) groups is 1. The molecule has 2 aromatic carbocycles. The van der Waals surface area contributed by atoms with Gasteiger partial charge in [0.2, 0.25) is 15.9 Å². The highest BCUT2D eigenvalue weighted by molar-refractivity contribution is 7.89. The van der Waals surface area contributed by atoms with Crippen molar-refractivity contribution in [3.8, 4) is 5.88 Å². The van der Waals surface area contributed by atoms with Crippen LogP contribution in [0.25, 0.3) is 5.57 Å². The molecule has 1 saturated carbocycles. The van der Waals surface area contributed by atoms with E-state index in [9.17, 15) is 18.3 Å². The number of hydrogen-bond acceptors (Lipinski definition) is 7. The summed E-state index contributed by atoms with van der Waals surface area (Å²) in [5.74, 6) is -0.481. The van der Waals surface area contributed by atoms with Gasteiger partial charge in [0.15, 0.2) is 4.80 Å². The van der Waals surface area contributed by atoms with Crippen molar-refractivity contribution in [2.45, 2.75) is 23.8 Å². The normalized spacial score (nSPS) is 16.5. The smallest absolute Gasteiger partial charge is 0.279 e. The number of aromatic nitrogens is 1. The Hall–Kier alpha value is -3.28. The van der Waals surface area contributed by atoms with Crippen molar-refractivity contribution < 1.29 is 18.3 Å². The highest BCUT2D eigenvalue weighted by atomic mass is 32.2. The van der Waals surface area contributed by atoms with Gasteiger partial charge in [0.05, 0.1) is 21.5 Å². The molecule has 5 rings (SSSR count). The molecule has 3 aromatic rings. The third kappa shape index (κ3) is 3.46. The Balaban J connectivity index is 1.71. The fourth-order valence-electron chi connectivity index (χ4n) is 3.46. The van der Waals surface area contributed by atoms with Gasteiger partial charge in [-0.3, -0.25) is 9.36 Å². The summed E-state index contributed by atoms with van der Waals surface area (Å²) >= 11 is 1.17. The molecular weight excluding hydrogens is 438 g/mol. The summed E-state index contributed by atoms with van der Waals surface area (Å²) in [6.07, 6.45) is 1.77. The molecule has 0 saturated heterocycles. The van der Waals surface area contributed by atoms with Gasteiger partial charge in [0.1, 0.15) is 4.88 Å². The first-order valence-corrected chi connectivity index (χ1v) is 11.7. The number of nitrogen functional groups attached to an aromatic ring is 1. The Morgan fingerprint density at radius 1 is 1.16 bits per heavy atom. The number of nitrogens with zero attached hydrogens (tertiary/aromatic N) is 3. The molecule has 2 aliphatic rings. The van der Waals surface area contributed by atoms with Gasteiger partial charge in [0, 0.05) is 16.9 Å². The summed E-state index contributed by atoms with van der Waals surface area (Å²) in [5, 5.41) is 17.2. The van der Waals surface area contributed by atoms with Gasteiger partial charge in [0.25, 0.3) is 5.91 Å². The van der Waals surface area contributed by atoms with E-state index in [1.807, 2.05) is 0 Å². The minimum atomic E-state index is -3.80. The third-order valence-electron chi connectivity index (χ3n) is 5.09. The van der Waals surface area contributed by atoms with Crippen LogP contribution in [0.1, 0.15) is 23.8 Å². The molecule has 5 N–H and O–H groups in total. The van der Waals surface area contributed by atoms with E-state index in [1.54, 1.807) is 22.8 Å². The largest absolute Gasteiger partial charge is 0.493 e. The summed E-state index contributed by atoms with van der Waals surface area (Å²) in [7, 11) is -3.80. The quantitative estimate of drug-likeness (QED) is 0.486. The first-order chi connectivity index (χ1) is 14.7. The predicted octanol–water partition coefficient (Wildman–Crippen LogP) is 0.411. The summed E-state index contributed by atoms with van der Waals surface area (Å²) in [5.41, 5.74) is 7.17. The van der Waals surface area contributed by atoms with E-state index in [0.29, 0.717) is 37.2 Å². The summed E-state index contributed by atoms with van der Waals surface area (Å²) in [6.45, 7) is 0. The van der Waals surface area contributed by atoms with Crippen LogP contribution in [0.2, 0.25) is 0 Å². The van der Waals surface area contributed by atoms with Crippen LogP contribution in [0, 0.1) is 0 Å². The lowest BCUT2D eigenvalue weighted by molar-refractivity contribution is -0.112. The van der Waals surface area contributed by atoms with E-state index in [0.717, 1.165) is 12.8 Å². The molecule has 0 radical (unpaired) electrons. The zero-order valence-corrected chi connectivity index (χ0v) is 17.7. The van der Waals surface area contributed by atoms with Crippen LogP contribution in [0.4, 0.5) is 11.4 Å². The standard InChI is InChI=1S/C20H17N5O4S2/c21-10-1-8-15-14(9-10)16(18(26)24-15)17-19(27)25(12-4-5-12)20(30-17)23-11-2-6-13(7-3-11)31(22,28)29/h1-3,6-9,12,27H,4-5,21H2,(H2,22,28,29). The maximum Gasteiger partial charge on any atom is 0.279 e. The Kier molecular flexibility index (Phi) is 4.36. The number of benzene rings is 2. The number of anilines is 1. The minimum absolute atomic E-state index is 0.0147. The van der Waals surface area contributed by atoms with Gasteiger partial charge >= 0.3 is 0 Å². The summed E-state index contributed by atoms with van der Waals surface area (Å²) in [6, 6.07) is 10.9. The van der Waals surface area contributed by atoms with Crippen LogP contribution < -0.4 is 26.2 Å². The molecule has 0 unspecified atom stereocenters. The molecule has 1 aromatic heterocycles. The second-order valence-corrected chi connectivity index (χ2v) is 9.90. The number of primary sulfonamides is 1. The first-order valence-electron chi connectivity index (χ1n) is 9.37. The van der Waals surface area contributed by atoms with Crippen LogP contribution in [0.3, 0.4) is 0 Å². The average Bonchev–Trinajstić information content (AvgIpc) is 3.42. The maximum atomic E-state index is 12.6. The SMILES string of the molecule is Nc1ccc2c(c1)=C(c1sc(=Nc3ccc(S(N)(=O)=O)cc3)n(C3CC3)c1O)C(=O)N=2. The van der Waals surface area contributed by atoms with Crippen molar-refractivity contribution in [3.63, 3.8) is 0 Å². The Morgan fingerprint density at radius 3 is 2.52 bits per heavy atom. The summed E-state index contributed by atoms with van der Waals surface area (Å²) < 4.78 is 24.6. The number of rotatable bonds is 4. The molecule has 1 amide bonds. The molecule has 1 aliphatic heterocycles. The summed E-state index contributed by atoms with van der Waals surface area (Å²) in [4.78, 5) is 22.1. The molecule has 11 heteroatoms. The van der Waals surface area contributed by atoms with E-state index in [2.05, 4.69) is 9.98 Å². The van der Waals surface area contributed by atoms with Gasteiger partial charge in [-0.25, -0.2) is 23.5 Å². The lowest BCUT2D eigenvalue weighted by atomic mass is 10.1. The Bertz CT molecular complexity index is 1550. The predicted molar refractivity (Wildman–Crippen MR) is 114 cm³/mol. The molecule has 0 bridgehead atoms. The molecular formula is C20H17N5O4S2. The highest BCUT2D eigenvalue weighted by Crippen LogP contribution is 2.40. The first kappa shape index (κ1) is 19.7. The molecule has 1 aliphatic carbocycles. The highest BCUT2D eigenvalue weighted by Gasteiger charge is 2.32. The third-order valence-corrected chi connectivity index (χ3v) is 7.08. The Morgan fingerprint density at radius 2 is 1.87 bits per heavy atom. The second kappa shape index (κ2) is 6.87. The van der Waals surface area contributed by atoms with Crippen molar-refractivity contribution in [1.82, 2.24) is 4.57 Å².